The topological polar surface area (TPSA) is 73.4 Å². The van der Waals surface area contributed by atoms with E-state index in [1.807, 2.05) is 19.2 Å². The summed E-state index contributed by atoms with van der Waals surface area (Å²) >= 11 is 0. The number of anilines is 1. The summed E-state index contributed by atoms with van der Waals surface area (Å²) in [5, 5.41) is 23.4. The molecule has 0 aromatic heterocycles. The van der Waals surface area contributed by atoms with Crippen LogP contribution in [0.3, 0.4) is 0 Å². The molecule has 0 amide bonds. The third kappa shape index (κ3) is 4.28. The summed E-state index contributed by atoms with van der Waals surface area (Å²) in [5.74, 6) is 0.233. The van der Waals surface area contributed by atoms with E-state index in [4.69, 9.17) is 0 Å². The van der Waals surface area contributed by atoms with Crippen LogP contribution in [-0.2, 0) is 6.54 Å². The van der Waals surface area contributed by atoms with Gasteiger partial charge in [-0.25, -0.2) is 0 Å². The summed E-state index contributed by atoms with van der Waals surface area (Å²) in [5.41, 5.74) is 4.95. The lowest BCUT2D eigenvalue weighted by Gasteiger charge is -2.30. The summed E-state index contributed by atoms with van der Waals surface area (Å²) in [6, 6.07) is 28.2. The molecule has 5 rings (SSSR count). The van der Waals surface area contributed by atoms with E-state index in [1.54, 1.807) is 18.2 Å². The first-order valence-corrected chi connectivity index (χ1v) is 11.7. The number of rotatable bonds is 8. The van der Waals surface area contributed by atoms with Gasteiger partial charge in [0.1, 0.15) is 12.0 Å². The Labute approximate surface area is 199 Å². The van der Waals surface area contributed by atoms with E-state index in [-0.39, 0.29) is 23.8 Å². The molecular weight excluding hydrogens is 422 g/mol. The lowest BCUT2D eigenvalue weighted by Crippen LogP contribution is -2.39. The zero-order valence-corrected chi connectivity index (χ0v) is 19.2. The van der Waals surface area contributed by atoms with Crippen molar-refractivity contribution in [3.05, 3.63) is 107 Å². The zero-order chi connectivity index (χ0) is 23.5. The molecule has 1 aliphatic rings. The smallest absolute Gasteiger partial charge is 0.150 e. The van der Waals surface area contributed by atoms with Crippen molar-refractivity contribution in [1.82, 2.24) is 10.6 Å². The lowest BCUT2D eigenvalue weighted by molar-refractivity contribution is 0.112. The van der Waals surface area contributed by atoms with Gasteiger partial charge >= 0.3 is 0 Å². The molecule has 4 aromatic rings. The standard InChI is InChI=1S/C29H29N3O2/c1-30-29(25-15-23(34)13-12-22(25)18-33)28-24-8-4-5-9-26(24)32-27(28)17-31-16-19-10-11-20-6-2-3-7-21(20)14-19/h2-15,18,27-32,34H,16-17H2,1H3. The lowest BCUT2D eigenvalue weighted by atomic mass is 9.82. The predicted molar refractivity (Wildman–Crippen MR) is 138 cm³/mol. The van der Waals surface area contributed by atoms with Gasteiger partial charge < -0.3 is 21.1 Å². The summed E-state index contributed by atoms with van der Waals surface area (Å²) in [6.45, 7) is 1.52. The Hall–Kier alpha value is -3.67. The molecule has 5 heteroatoms. The molecule has 0 bridgehead atoms. The molecule has 0 fully saturated rings. The summed E-state index contributed by atoms with van der Waals surface area (Å²) in [4.78, 5) is 11.8. The van der Waals surface area contributed by atoms with Crippen molar-refractivity contribution in [2.24, 2.45) is 0 Å². The SMILES string of the molecule is CNC(c1cc(O)ccc1C=O)C1c2ccccc2NC1CNCc1ccc2ccccc2c1. The van der Waals surface area contributed by atoms with Crippen LogP contribution in [0.1, 0.15) is 39.0 Å². The molecule has 0 saturated carbocycles. The minimum Gasteiger partial charge on any atom is -0.508 e. The van der Waals surface area contributed by atoms with E-state index in [0.717, 1.165) is 30.6 Å². The predicted octanol–water partition coefficient (Wildman–Crippen LogP) is 4.99. The van der Waals surface area contributed by atoms with Crippen LogP contribution in [0.25, 0.3) is 10.8 Å². The molecule has 5 nitrogen and oxygen atoms in total. The van der Waals surface area contributed by atoms with Gasteiger partial charge in [-0.05, 0) is 64.8 Å². The monoisotopic (exact) mass is 451 g/mol. The first kappa shape index (κ1) is 22.1. The molecule has 4 aromatic carbocycles. The fraction of sp³-hybridized carbons (Fsp3) is 0.207. The van der Waals surface area contributed by atoms with Crippen molar-refractivity contribution in [3.8, 4) is 5.75 Å². The number of hydrogen-bond donors (Lipinski definition) is 4. The first-order chi connectivity index (χ1) is 16.7. The van der Waals surface area contributed by atoms with Gasteiger partial charge in [-0.2, -0.15) is 0 Å². The molecular formula is C29H29N3O2. The Bertz CT molecular complexity index is 1320. The van der Waals surface area contributed by atoms with Crippen molar-refractivity contribution in [3.63, 3.8) is 0 Å². The summed E-state index contributed by atoms with van der Waals surface area (Å²) < 4.78 is 0. The van der Waals surface area contributed by atoms with Gasteiger partial charge in [0.25, 0.3) is 0 Å². The summed E-state index contributed by atoms with van der Waals surface area (Å²) in [7, 11) is 1.91. The number of fused-ring (bicyclic) bond motifs is 2. The molecule has 1 heterocycles. The van der Waals surface area contributed by atoms with Crippen LogP contribution in [0.15, 0.2) is 84.9 Å². The second-order valence-corrected chi connectivity index (χ2v) is 8.87. The van der Waals surface area contributed by atoms with Gasteiger partial charge in [0.15, 0.2) is 0 Å². The van der Waals surface area contributed by atoms with Crippen LogP contribution in [0.5, 0.6) is 5.75 Å². The Morgan fingerprint density at radius 1 is 0.971 bits per heavy atom. The van der Waals surface area contributed by atoms with Gasteiger partial charge in [0.05, 0.1) is 0 Å². The highest BCUT2D eigenvalue weighted by molar-refractivity contribution is 5.83. The van der Waals surface area contributed by atoms with Crippen molar-refractivity contribution < 1.29 is 9.90 Å². The van der Waals surface area contributed by atoms with Crippen LogP contribution >= 0.6 is 0 Å². The van der Waals surface area contributed by atoms with E-state index in [9.17, 15) is 9.90 Å². The van der Waals surface area contributed by atoms with E-state index in [2.05, 4.69) is 70.5 Å². The fourth-order valence-electron chi connectivity index (χ4n) is 5.20. The molecule has 0 spiro atoms. The number of likely N-dealkylation sites (N-methyl/N-ethyl adjacent to an activating group) is 1. The van der Waals surface area contributed by atoms with Gasteiger partial charge in [-0.1, -0.05) is 54.6 Å². The maximum Gasteiger partial charge on any atom is 0.150 e. The van der Waals surface area contributed by atoms with E-state index >= 15 is 0 Å². The molecule has 3 unspecified atom stereocenters. The van der Waals surface area contributed by atoms with Gasteiger partial charge in [-0.15, -0.1) is 0 Å². The molecule has 3 atom stereocenters. The number of para-hydroxylation sites is 1. The van der Waals surface area contributed by atoms with Gasteiger partial charge in [0, 0.05) is 42.3 Å². The van der Waals surface area contributed by atoms with Crippen LogP contribution < -0.4 is 16.0 Å². The quantitative estimate of drug-likeness (QED) is 0.284. The third-order valence-corrected chi connectivity index (χ3v) is 6.80. The molecule has 34 heavy (non-hydrogen) atoms. The van der Waals surface area contributed by atoms with Crippen molar-refractivity contribution in [1.29, 1.82) is 0 Å². The highest BCUT2D eigenvalue weighted by Gasteiger charge is 2.38. The second-order valence-electron chi connectivity index (χ2n) is 8.87. The number of phenols is 1. The zero-order valence-electron chi connectivity index (χ0n) is 19.2. The molecule has 0 saturated heterocycles. The number of benzene rings is 4. The van der Waals surface area contributed by atoms with Gasteiger partial charge in [0.2, 0.25) is 0 Å². The van der Waals surface area contributed by atoms with Crippen LogP contribution in [0, 0.1) is 0 Å². The third-order valence-electron chi connectivity index (χ3n) is 6.80. The van der Waals surface area contributed by atoms with Crippen molar-refractivity contribution in [2.45, 2.75) is 24.5 Å². The van der Waals surface area contributed by atoms with Crippen LogP contribution in [0.2, 0.25) is 0 Å². The average Bonchev–Trinajstić information content (AvgIpc) is 3.23. The molecule has 0 radical (unpaired) electrons. The average molecular weight is 452 g/mol. The van der Waals surface area contributed by atoms with Crippen LogP contribution in [-0.4, -0.2) is 31.0 Å². The molecule has 172 valence electrons. The number of phenolic OH excluding ortho intramolecular Hbond substituents is 1. The Kier molecular flexibility index (Phi) is 6.30. The van der Waals surface area contributed by atoms with E-state index in [0.29, 0.717) is 5.56 Å². The minimum absolute atomic E-state index is 0.0748. The van der Waals surface area contributed by atoms with Gasteiger partial charge in [-0.3, -0.25) is 4.79 Å². The normalized spacial score (nSPS) is 17.8. The highest BCUT2D eigenvalue weighted by Crippen LogP contribution is 2.44. The number of aldehydes is 1. The Balaban J connectivity index is 1.39. The molecule has 1 aliphatic heterocycles. The minimum atomic E-state index is -0.143. The number of carbonyl (C=O) groups excluding carboxylic acids is 1. The van der Waals surface area contributed by atoms with Crippen molar-refractivity contribution >= 4 is 22.7 Å². The fourth-order valence-corrected chi connectivity index (χ4v) is 5.20. The maximum absolute atomic E-state index is 11.8. The first-order valence-electron chi connectivity index (χ1n) is 11.7. The number of aromatic hydroxyl groups is 1. The number of hydrogen-bond acceptors (Lipinski definition) is 5. The number of carbonyl (C=O) groups is 1. The Morgan fingerprint density at radius 2 is 1.76 bits per heavy atom. The van der Waals surface area contributed by atoms with E-state index < -0.39 is 0 Å². The van der Waals surface area contributed by atoms with Crippen molar-refractivity contribution in [2.75, 3.05) is 18.9 Å². The number of nitrogens with one attached hydrogen (secondary N) is 3. The van der Waals surface area contributed by atoms with E-state index in [1.165, 1.54) is 21.9 Å². The highest BCUT2D eigenvalue weighted by atomic mass is 16.3. The maximum atomic E-state index is 11.8. The Morgan fingerprint density at radius 3 is 2.59 bits per heavy atom. The van der Waals surface area contributed by atoms with Crippen LogP contribution in [0.4, 0.5) is 5.69 Å². The molecule has 0 aliphatic carbocycles. The largest absolute Gasteiger partial charge is 0.508 e. The molecule has 4 N–H and O–H groups in total. The second kappa shape index (κ2) is 9.67. The summed E-state index contributed by atoms with van der Waals surface area (Å²) in [6.07, 6.45) is 0.861.